The molecule has 0 radical (unpaired) electrons. The molecule has 4 rings (SSSR count). The molecule has 4 aromatic rings. The molecule has 1 aromatic carbocycles. The van der Waals surface area contributed by atoms with Crippen LogP contribution in [0, 0.1) is 0 Å². The van der Waals surface area contributed by atoms with Gasteiger partial charge in [-0.05, 0) is 30.3 Å². The Balaban J connectivity index is 2.02. The number of fused-ring (bicyclic) bond motifs is 3. The van der Waals surface area contributed by atoms with Crippen LogP contribution in [0.1, 0.15) is 16.1 Å². The summed E-state index contributed by atoms with van der Waals surface area (Å²) in [6.45, 7) is 0. The van der Waals surface area contributed by atoms with Crippen molar-refractivity contribution >= 4 is 22.5 Å². The Hall–Kier alpha value is -3.69. The first-order chi connectivity index (χ1) is 13.2. The van der Waals surface area contributed by atoms with Crippen molar-refractivity contribution in [3.05, 3.63) is 64.2 Å². The monoisotopic (exact) mass is 387 g/mol. The van der Waals surface area contributed by atoms with Crippen molar-refractivity contribution in [1.29, 1.82) is 0 Å². The van der Waals surface area contributed by atoms with E-state index in [-0.39, 0.29) is 22.4 Å². The second kappa shape index (κ2) is 5.91. The summed E-state index contributed by atoms with van der Waals surface area (Å²) in [5.41, 5.74) is 5.19. The highest BCUT2D eigenvalue weighted by Gasteiger charge is 2.32. The predicted molar refractivity (Wildman–Crippen MR) is 94.7 cm³/mol. The standard InChI is InChI=1S/C18H12F3N5O2/c1-25-15-8-12(9-4-5-23-14(7-9)18(19,20)21)24-26(15)13-6-10(16(22)27)2-3-11(13)17(25)28/h2-8H,1H3,(H2,22,27). The molecule has 0 saturated carbocycles. The number of hydrogen-bond donors (Lipinski definition) is 1. The number of halogens is 3. The molecule has 0 unspecified atom stereocenters. The highest BCUT2D eigenvalue weighted by Crippen LogP contribution is 2.30. The molecule has 3 aromatic heterocycles. The van der Waals surface area contributed by atoms with E-state index in [4.69, 9.17) is 5.73 Å². The normalized spacial score (nSPS) is 12.0. The number of benzene rings is 1. The third-order valence-electron chi connectivity index (χ3n) is 4.43. The number of primary amides is 1. The molecule has 2 N–H and O–H groups in total. The molecule has 0 saturated heterocycles. The van der Waals surface area contributed by atoms with Crippen LogP contribution in [-0.2, 0) is 13.2 Å². The number of amides is 1. The molecule has 0 aliphatic heterocycles. The van der Waals surface area contributed by atoms with Crippen molar-refractivity contribution in [3.8, 4) is 11.3 Å². The van der Waals surface area contributed by atoms with Gasteiger partial charge in [-0.1, -0.05) is 0 Å². The van der Waals surface area contributed by atoms with E-state index >= 15 is 0 Å². The van der Waals surface area contributed by atoms with Crippen LogP contribution in [0.4, 0.5) is 13.2 Å². The smallest absolute Gasteiger partial charge is 0.366 e. The number of hydrogen-bond acceptors (Lipinski definition) is 4. The number of nitrogens with zero attached hydrogens (tertiary/aromatic N) is 4. The molecule has 3 heterocycles. The number of carbonyl (C=O) groups is 1. The zero-order valence-electron chi connectivity index (χ0n) is 14.4. The summed E-state index contributed by atoms with van der Waals surface area (Å²) < 4.78 is 41.6. The second-order valence-electron chi connectivity index (χ2n) is 6.19. The van der Waals surface area contributed by atoms with Gasteiger partial charge in [-0.3, -0.25) is 19.1 Å². The van der Waals surface area contributed by atoms with Crippen LogP contribution in [0.3, 0.4) is 0 Å². The number of rotatable bonds is 2. The molecule has 10 heteroatoms. The molecule has 0 bridgehead atoms. The maximum Gasteiger partial charge on any atom is 0.433 e. The number of aryl methyl sites for hydroxylation is 1. The molecule has 28 heavy (non-hydrogen) atoms. The molecule has 142 valence electrons. The van der Waals surface area contributed by atoms with Crippen LogP contribution in [0.5, 0.6) is 0 Å². The van der Waals surface area contributed by atoms with Crippen LogP contribution >= 0.6 is 0 Å². The quantitative estimate of drug-likeness (QED) is 0.571. The Kier molecular flexibility index (Phi) is 3.74. The maximum absolute atomic E-state index is 13.0. The molecule has 1 amide bonds. The average molecular weight is 387 g/mol. The van der Waals surface area contributed by atoms with Crippen LogP contribution in [0.15, 0.2) is 47.4 Å². The first-order valence-electron chi connectivity index (χ1n) is 8.03. The van der Waals surface area contributed by atoms with Crippen LogP contribution in [-0.4, -0.2) is 25.1 Å². The molecule has 0 aliphatic carbocycles. The third-order valence-corrected chi connectivity index (χ3v) is 4.43. The SMILES string of the molecule is Cn1c(=O)c2ccc(C(N)=O)cc2n2nc(-c3ccnc(C(F)(F)F)c3)cc12. The lowest BCUT2D eigenvalue weighted by atomic mass is 10.1. The van der Waals surface area contributed by atoms with Gasteiger partial charge in [-0.15, -0.1) is 0 Å². The largest absolute Gasteiger partial charge is 0.433 e. The minimum atomic E-state index is -4.59. The fourth-order valence-corrected chi connectivity index (χ4v) is 3.00. The van der Waals surface area contributed by atoms with Gasteiger partial charge in [0.15, 0.2) is 0 Å². The molecular weight excluding hydrogens is 375 g/mol. The van der Waals surface area contributed by atoms with Gasteiger partial charge in [0.05, 0.1) is 16.6 Å². The summed E-state index contributed by atoms with van der Waals surface area (Å²) in [5.74, 6) is -0.674. The van der Waals surface area contributed by atoms with Crippen LogP contribution in [0.25, 0.3) is 27.8 Å². The van der Waals surface area contributed by atoms with Gasteiger partial charge in [-0.25, -0.2) is 4.52 Å². The highest BCUT2D eigenvalue weighted by atomic mass is 19.4. The summed E-state index contributed by atoms with van der Waals surface area (Å²) in [7, 11) is 1.53. The Labute approximate surface area is 154 Å². The average Bonchev–Trinajstić information content (AvgIpc) is 3.11. The lowest BCUT2D eigenvalue weighted by molar-refractivity contribution is -0.141. The van der Waals surface area contributed by atoms with Crippen molar-refractivity contribution in [2.24, 2.45) is 12.8 Å². The van der Waals surface area contributed by atoms with E-state index in [1.807, 2.05) is 0 Å². The minimum Gasteiger partial charge on any atom is -0.366 e. The van der Waals surface area contributed by atoms with Crippen LogP contribution < -0.4 is 11.3 Å². The van der Waals surface area contributed by atoms with Crippen LogP contribution in [0.2, 0.25) is 0 Å². The Morgan fingerprint density at radius 2 is 1.89 bits per heavy atom. The third kappa shape index (κ3) is 2.70. The van der Waals surface area contributed by atoms with Gasteiger partial charge < -0.3 is 5.73 Å². The summed E-state index contributed by atoms with van der Waals surface area (Å²) in [6.07, 6.45) is -3.55. The summed E-state index contributed by atoms with van der Waals surface area (Å²) in [4.78, 5) is 27.4. The van der Waals surface area contributed by atoms with Crippen molar-refractivity contribution < 1.29 is 18.0 Å². The van der Waals surface area contributed by atoms with Crippen molar-refractivity contribution in [2.75, 3.05) is 0 Å². The summed E-state index contributed by atoms with van der Waals surface area (Å²) >= 11 is 0. The Bertz CT molecular complexity index is 1320. The van der Waals surface area contributed by atoms with Crippen molar-refractivity contribution in [1.82, 2.24) is 19.2 Å². The second-order valence-corrected chi connectivity index (χ2v) is 6.19. The zero-order chi connectivity index (χ0) is 20.2. The number of aromatic nitrogens is 4. The molecule has 0 spiro atoms. The molecule has 0 atom stereocenters. The number of nitrogens with two attached hydrogens (primary N) is 1. The number of alkyl halides is 3. The summed E-state index contributed by atoms with van der Waals surface area (Å²) in [5, 5.41) is 4.64. The zero-order valence-corrected chi connectivity index (χ0v) is 14.4. The summed E-state index contributed by atoms with van der Waals surface area (Å²) in [6, 6.07) is 8.10. The fraction of sp³-hybridized carbons (Fsp3) is 0.111. The van der Waals surface area contributed by atoms with Gasteiger partial charge in [0.2, 0.25) is 5.91 Å². The van der Waals surface area contributed by atoms with E-state index in [1.54, 1.807) is 0 Å². The number of pyridine rings is 1. The first kappa shape index (κ1) is 17.7. The predicted octanol–water partition coefficient (Wildman–Crippen LogP) is 2.37. The van der Waals surface area contributed by atoms with Gasteiger partial charge in [0, 0.05) is 30.4 Å². The molecule has 0 aliphatic rings. The lowest BCUT2D eigenvalue weighted by Crippen LogP contribution is -2.20. The van der Waals surface area contributed by atoms with Gasteiger partial charge in [0.25, 0.3) is 5.56 Å². The van der Waals surface area contributed by atoms with E-state index in [0.29, 0.717) is 16.6 Å². The lowest BCUT2D eigenvalue weighted by Gasteiger charge is -2.07. The van der Waals surface area contributed by atoms with E-state index in [2.05, 4.69) is 10.1 Å². The maximum atomic E-state index is 13.0. The molecular formula is C18H12F3N5O2. The van der Waals surface area contributed by atoms with Crippen molar-refractivity contribution in [3.63, 3.8) is 0 Å². The van der Waals surface area contributed by atoms with Gasteiger partial charge >= 0.3 is 6.18 Å². The van der Waals surface area contributed by atoms with E-state index < -0.39 is 17.8 Å². The van der Waals surface area contributed by atoms with E-state index in [0.717, 1.165) is 12.3 Å². The first-order valence-corrected chi connectivity index (χ1v) is 8.03. The Morgan fingerprint density at radius 1 is 1.14 bits per heavy atom. The molecule has 7 nitrogen and oxygen atoms in total. The fourth-order valence-electron chi connectivity index (χ4n) is 3.00. The van der Waals surface area contributed by atoms with Crippen molar-refractivity contribution in [2.45, 2.75) is 6.18 Å². The van der Waals surface area contributed by atoms with Gasteiger partial charge in [-0.2, -0.15) is 18.3 Å². The minimum absolute atomic E-state index is 0.183. The Morgan fingerprint density at radius 3 is 2.57 bits per heavy atom. The topological polar surface area (TPSA) is 95.3 Å². The number of carbonyl (C=O) groups excluding carboxylic acids is 1. The van der Waals surface area contributed by atoms with E-state index in [1.165, 1.54) is 46.5 Å². The molecule has 0 fully saturated rings. The highest BCUT2D eigenvalue weighted by molar-refractivity contribution is 5.97. The van der Waals surface area contributed by atoms with E-state index in [9.17, 15) is 22.8 Å². The van der Waals surface area contributed by atoms with Gasteiger partial charge in [0.1, 0.15) is 11.3 Å².